The maximum atomic E-state index is 5.88. The molecule has 0 saturated carbocycles. The number of methoxy groups -OCH3 is 1. The van der Waals surface area contributed by atoms with E-state index in [0.29, 0.717) is 0 Å². The van der Waals surface area contributed by atoms with E-state index in [-0.39, 0.29) is 6.04 Å². The molecule has 3 heteroatoms. The molecule has 0 spiro atoms. The minimum atomic E-state index is 0.210. The molecule has 1 aromatic rings. The van der Waals surface area contributed by atoms with E-state index >= 15 is 0 Å². The van der Waals surface area contributed by atoms with Gasteiger partial charge in [0.05, 0.1) is 19.3 Å². The predicted octanol–water partition coefficient (Wildman–Crippen LogP) is 3.54. The second kappa shape index (κ2) is 7.98. The van der Waals surface area contributed by atoms with Crippen molar-refractivity contribution in [2.24, 2.45) is 0 Å². The smallest absolute Gasteiger partial charge is 0.127 e. The lowest BCUT2D eigenvalue weighted by atomic mass is 10.1. The van der Waals surface area contributed by atoms with Crippen LogP contribution in [0.15, 0.2) is 18.2 Å². The fourth-order valence-electron chi connectivity index (χ4n) is 1.93. The SMILES string of the molecule is CCCCCOc1cccc(OC)c1C(C)NC. The van der Waals surface area contributed by atoms with Crippen molar-refractivity contribution >= 4 is 0 Å². The first kappa shape index (κ1) is 14.8. The highest BCUT2D eigenvalue weighted by Gasteiger charge is 2.15. The number of hydrogen-bond acceptors (Lipinski definition) is 3. The summed E-state index contributed by atoms with van der Waals surface area (Å²) in [5, 5.41) is 3.24. The molecule has 0 bridgehead atoms. The van der Waals surface area contributed by atoms with Gasteiger partial charge in [0.15, 0.2) is 0 Å². The van der Waals surface area contributed by atoms with Crippen LogP contribution in [0, 0.1) is 0 Å². The van der Waals surface area contributed by atoms with E-state index in [9.17, 15) is 0 Å². The molecular weight excluding hydrogens is 226 g/mol. The zero-order valence-corrected chi connectivity index (χ0v) is 12.0. The zero-order valence-electron chi connectivity index (χ0n) is 12.0. The van der Waals surface area contributed by atoms with Gasteiger partial charge in [-0.3, -0.25) is 0 Å². The van der Waals surface area contributed by atoms with E-state index in [1.165, 1.54) is 12.8 Å². The number of rotatable bonds is 8. The van der Waals surface area contributed by atoms with Crippen LogP contribution in [0.1, 0.15) is 44.7 Å². The number of unbranched alkanes of at least 4 members (excludes halogenated alkanes) is 2. The van der Waals surface area contributed by atoms with Crippen LogP contribution >= 0.6 is 0 Å². The van der Waals surface area contributed by atoms with Crippen molar-refractivity contribution in [1.82, 2.24) is 5.32 Å². The van der Waals surface area contributed by atoms with Crippen LogP contribution in [-0.4, -0.2) is 20.8 Å². The van der Waals surface area contributed by atoms with Gasteiger partial charge in [-0.15, -0.1) is 0 Å². The van der Waals surface area contributed by atoms with Crippen molar-refractivity contribution in [3.05, 3.63) is 23.8 Å². The average Bonchev–Trinajstić information content (AvgIpc) is 2.42. The Balaban J connectivity index is 2.81. The standard InChI is InChI=1S/C15H25NO2/c1-5-6-7-11-18-14-10-8-9-13(17-4)15(14)12(2)16-3/h8-10,12,16H,5-7,11H2,1-4H3. The van der Waals surface area contributed by atoms with Crippen molar-refractivity contribution in [3.8, 4) is 11.5 Å². The zero-order chi connectivity index (χ0) is 13.4. The fourth-order valence-corrected chi connectivity index (χ4v) is 1.93. The third-order valence-electron chi connectivity index (χ3n) is 3.12. The summed E-state index contributed by atoms with van der Waals surface area (Å²) in [5.41, 5.74) is 1.10. The largest absolute Gasteiger partial charge is 0.496 e. The van der Waals surface area contributed by atoms with Gasteiger partial charge >= 0.3 is 0 Å². The number of ether oxygens (including phenoxy) is 2. The quantitative estimate of drug-likeness (QED) is 0.717. The van der Waals surface area contributed by atoms with E-state index in [0.717, 1.165) is 30.1 Å². The molecule has 18 heavy (non-hydrogen) atoms. The third kappa shape index (κ3) is 3.91. The molecule has 1 rings (SSSR count). The Kier molecular flexibility index (Phi) is 6.58. The van der Waals surface area contributed by atoms with Crippen LogP contribution in [0.25, 0.3) is 0 Å². The van der Waals surface area contributed by atoms with Crippen LogP contribution in [0.5, 0.6) is 11.5 Å². The summed E-state index contributed by atoms with van der Waals surface area (Å²) in [7, 11) is 3.64. The van der Waals surface area contributed by atoms with Crippen LogP contribution in [0.2, 0.25) is 0 Å². The summed E-state index contributed by atoms with van der Waals surface area (Å²) in [6.07, 6.45) is 3.52. The molecule has 1 atom stereocenters. The number of nitrogens with one attached hydrogen (secondary N) is 1. The Morgan fingerprint density at radius 2 is 1.94 bits per heavy atom. The molecule has 1 N–H and O–H groups in total. The molecule has 0 radical (unpaired) electrons. The highest BCUT2D eigenvalue weighted by molar-refractivity contribution is 5.46. The van der Waals surface area contributed by atoms with Crippen molar-refractivity contribution in [1.29, 1.82) is 0 Å². The van der Waals surface area contributed by atoms with Crippen LogP contribution in [0.3, 0.4) is 0 Å². The first-order valence-corrected chi connectivity index (χ1v) is 6.71. The normalized spacial score (nSPS) is 12.2. The van der Waals surface area contributed by atoms with E-state index in [2.05, 4.69) is 19.2 Å². The molecular formula is C15H25NO2. The molecule has 3 nitrogen and oxygen atoms in total. The van der Waals surface area contributed by atoms with Crippen molar-refractivity contribution in [2.75, 3.05) is 20.8 Å². The predicted molar refractivity (Wildman–Crippen MR) is 75.5 cm³/mol. The molecule has 0 heterocycles. The summed E-state index contributed by atoms with van der Waals surface area (Å²) in [5.74, 6) is 1.80. The van der Waals surface area contributed by atoms with Crippen LogP contribution < -0.4 is 14.8 Å². The molecule has 0 aliphatic rings. The van der Waals surface area contributed by atoms with Gasteiger partial charge in [-0.1, -0.05) is 25.8 Å². The first-order chi connectivity index (χ1) is 8.74. The molecule has 0 aliphatic heterocycles. The lowest BCUT2D eigenvalue weighted by Crippen LogP contribution is -2.15. The summed E-state index contributed by atoms with van der Waals surface area (Å²) in [6, 6.07) is 6.17. The van der Waals surface area contributed by atoms with Crippen LogP contribution in [-0.2, 0) is 0 Å². The minimum absolute atomic E-state index is 0.210. The Labute approximate surface area is 110 Å². The molecule has 0 saturated heterocycles. The summed E-state index contributed by atoms with van der Waals surface area (Å²) in [4.78, 5) is 0. The molecule has 0 fully saturated rings. The van der Waals surface area contributed by atoms with Gasteiger partial charge in [0.25, 0.3) is 0 Å². The Hall–Kier alpha value is -1.22. The average molecular weight is 251 g/mol. The maximum absolute atomic E-state index is 5.88. The lowest BCUT2D eigenvalue weighted by molar-refractivity contribution is 0.297. The Morgan fingerprint density at radius 1 is 1.22 bits per heavy atom. The third-order valence-corrected chi connectivity index (χ3v) is 3.12. The minimum Gasteiger partial charge on any atom is -0.496 e. The Bertz CT molecular complexity index is 352. The van der Waals surface area contributed by atoms with Gasteiger partial charge in [-0.25, -0.2) is 0 Å². The summed E-state index contributed by atoms with van der Waals surface area (Å²) in [6.45, 7) is 5.07. The molecule has 0 aromatic heterocycles. The number of hydrogen-bond donors (Lipinski definition) is 1. The second-order valence-corrected chi connectivity index (χ2v) is 4.44. The van der Waals surface area contributed by atoms with E-state index in [1.54, 1.807) is 7.11 Å². The summed E-state index contributed by atoms with van der Waals surface area (Å²) >= 11 is 0. The van der Waals surface area contributed by atoms with E-state index < -0.39 is 0 Å². The molecule has 0 aliphatic carbocycles. The highest BCUT2D eigenvalue weighted by atomic mass is 16.5. The first-order valence-electron chi connectivity index (χ1n) is 6.71. The van der Waals surface area contributed by atoms with Gasteiger partial charge < -0.3 is 14.8 Å². The monoisotopic (exact) mass is 251 g/mol. The van der Waals surface area contributed by atoms with Crippen molar-refractivity contribution in [3.63, 3.8) is 0 Å². The van der Waals surface area contributed by atoms with Gasteiger partial charge in [0.2, 0.25) is 0 Å². The lowest BCUT2D eigenvalue weighted by Gasteiger charge is -2.19. The van der Waals surface area contributed by atoms with E-state index in [1.807, 2.05) is 25.2 Å². The van der Waals surface area contributed by atoms with Gasteiger partial charge in [-0.05, 0) is 32.5 Å². The molecule has 0 amide bonds. The Morgan fingerprint density at radius 3 is 2.56 bits per heavy atom. The topological polar surface area (TPSA) is 30.5 Å². The molecule has 1 unspecified atom stereocenters. The van der Waals surface area contributed by atoms with Crippen molar-refractivity contribution in [2.45, 2.75) is 39.2 Å². The second-order valence-electron chi connectivity index (χ2n) is 4.44. The van der Waals surface area contributed by atoms with Crippen molar-refractivity contribution < 1.29 is 9.47 Å². The van der Waals surface area contributed by atoms with E-state index in [4.69, 9.17) is 9.47 Å². The highest BCUT2D eigenvalue weighted by Crippen LogP contribution is 2.33. The van der Waals surface area contributed by atoms with Crippen LogP contribution in [0.4, 0.5) is 0 Å². The molecule has 1 aromatic carbocycles. The van der Waals surface area contributed by atoms with Gasteiger partial charge in [-0.2, -0.15) is 0 Å². The van der Waals surface area contributed by atoms with Gasteiger partial charge in [0.1, 0.15) is 11.5 Å². The number of benzene rings is 1. The fraction of sp³-hybridized carbons (Fsp3) is 0.600. The maximum Gasteiger partial charge on any atom is 0.127 e. The molecule has 102 valence electrons. The van der Waals surface area contributed by atoms with Gasteiger partial charge in [0, 0.05) is 6.04 Å². The summed E-state index contributed by atoms with van der Waals surface area (Å²) < 4.78 is 11.3.